The van der Waals surface area contributed by atoms with Gasteiger partial charge < -0.3 is 11.1 Å². The van der Waals surface area contributed by atoms with Crippen LogP contribution >= 0.6 is 0 Å². The highest BCUT2D eigenvalue weighted by Gasteiger charge is 2.09. The van der Waals surface area contributed by atoms with Crippen molar-refractivity contribution in [1.29, 1.82) is 0 Å². The first-order valence-electron chi connectivity index (χ1n) is 6.36. The van der Waals surface area contributed by atoms with E-state index in [1.165, 1.54) is 0 Å². The molecule has 2 aromatic heterocycles. The van der Waals surface area contributed by atoms with E-state index in [-0.39, 0.29) is 0 Å². The SMILES string of the molecule is Cc1nc(N)c(C)c(Nc2cccc3cccnc23)n1. The lowest BCUT2D eigenvalue weighted by molar-refractivity contribution is 1.04. The number of nitrogen functional groups attached to an aromatic ring is 1. The van der Waals surface area contributed by atoms with E-state index < -0.39 is 0 Å². The quantitative estimate of drug-likeness (QED) is 0.745. The van der Waals surface area contributed by atoms with Gasteiger partial charge in [-0.3, -0.25) is 4.98 Å². The molecule has 20 heavy (non-hydrogen) atoms. The number of nitrogens with one attached hydrogen (secondary N) is 1. The number of pyridine rings is 1. The van der Waals surface area contributed by atoms with E-state index in [2.05, 4.69) is 20.3 Å². The monoisotopic (exact) mass is 265 g/mol. The number of benzene rings is 1. The smallest absolute Gasteiger partial charge is 0.139 e. The average molecular weight is 265 g/mol. The summed E-state index contributed by atoms with van der Waals surface area (Å²) in [5.74, 6) is 1.85. The standard InChI is InChI=1S/C15H15N5/c1-9-14(16)18-10(2)19-15(9)20-12-7-3-5-11-6-4-8-17-13(11)12/h3-8H,1-2H3,(H3,16,18,19,20). The lowest BCUT2D eigenvalue weighted by atomic mass is 10.2. The Labute approximate surface area is 116 Å². The molecule has 0 spiro atoms. The fourth-order valence-corrected chi connectivity index (χ4v) is 2.10. The zero-order chi connectivity index (χ0) is 14.1. The fraction of sp³-hybridized carbons (Fsp3) is 0.133. The molecule has 0 unspecified atom stereocenters. The Morgan fingerprint density at radius 1 is 1.05 bits per heavy atom. The summed E-state index contributed by atoms with van der Waals surface area (Å²) in [5, 5.41) is 4.38. The van der Waals surface area contributed by atoms with Crippen LogP contribution in [0.4, 0.5) is 17.3 Å². The second-order valence-electron chi connectivity index (χ2n) is 4.64. The Kier molecular flexibility index (Phi) is 2.95. The molecule has 5 nitrogen and oxygen atoms in total. The van der Waals surface area contributed by atoms with E-state index in [1.807, 2.05) is 44.2 Å². The molecule has 5 heteroatoms. The number of aromatic nitrogens is 3. The molecule has 0 fully saturated rings. The average Bonchev–Trinajstić information content (AvgIpc) is 2.44. The van der Waals surface area contributed by atoms with Crippen LogP contribution in [0.3, 0.4) is 0 Å². The molecule has 0 bridgehead atoms. The van der Waals surface area contributed by atoms with Crippen LogP contribution in [0.15, 0.2) is 36.5 Å². The first-order chi connectivity index (χ1) is 9.65. The number of para-hydroxylation sites is 1. The molecule has 2 heterocycles. The van der Waals surface area contributed by atoms with Gasteiger partial charge in [0.05, 0.1) is 11.2 Å². The Morgan fingerprint density at radius 3 is 2.70 bits per heavy atom. The number of hydrogen-bond donors (Lipinski definition) is 2. The van der Waals surface area contributed by atoms with Gasteiger partial charge in [-0.1, -0.05) is 18.2 Å². The topological polar surface area (TPSA) is 76.7 Å². The Hall–Kier alpha value is -2.69. The van der Waals surface area contributed by atoms with Crippen molar-refractivity contribution < 1.29 is 0 Å². The van der Waals surface area contributed by atoms with Gasteiger partial charge in [0.1, 0.15) is 17.5 Å². The summed E-state index contributed by atoms with van der Waals surface area (Å²) >= 11 is 0. The Morgan fingerprint density at radius 2 is 1.85 bits per heavy atom. The predicted octanol–water partition coefficient (Wildman–Crippen LogP) is 2.97. The van der Waals surface area contributed by atoms with E-state index in [0.29, 0.717) is 17.5 Å². The molecule has 0 aliphatic carbocycles. The second-order valence-corrected chi connectivity index (χ2v) is 4.64. The van der Waals surface area contributed by atoms with Crippen LogP contribution in [0.5, 0.6) is 0 Å². The van der Waals surface area contributed by atoms with Crippen molar-refractivity contribution in [1.82, 2.24) is 15.0 Å². The van der Waals surface area contributed by atoms with E-state index in [1.54, 1.807) is 6.20 Å². The molecule has 0 atom stereocenters. The van der Waals surface area contributed by atoms with Crippen molar-refractivity contribution in [2.24, 2.45) is 0 Å². The third-order valence-corrected chi connectivity index (χ3v) is 3.18. The van der Waals surface area contributed by atoms with Gasteiger partial charge in [0, 0.05) is 17.1 Å². The first kappa shape index (κ1) is 12.3. The number of nitrogens with two attached hydrogens (primary N) is 1. The van der Waals surface area contributed by atoms with E-state index in [4.69, 9.17) is 5.73 Å². The number of aryl methyl sites for hydroxylation is 1. The van der Waals surface area contributed by atoms with E-state index >= 15 is 0 Å². The highest BCUT2D eigenvalue weighted by atomic mass is 15.1. The van der Waals surface area contributed by atoms with Gasteiger partial charge in [-0.2, -0.15) is 0 Å². The number of nitrogens with zero attached hydrogens (tertiary/aromatic N) is 3. The molecule has 0 amide bonds. The highest BCUT2D eigenvalue weighted by Crippen LogP contribution is 2.26. The molecule has 0 aliphatic rings. The number of anilines is 3. The van der Waals surface area contributed by atoms with Crippen molar-refractivity contribution in [2.45, 2.75) is 13.8 Å². The third-order valence-electron chi connectivity index (χ3n) is 3.18. The van der Waals surface area contributed by atoms with Gasteiger partial charge in [-0.05, 0) is 26.0 Å². The maximum atomic E-state index is 5.88. The van der Waals surface area contributed by atoms with Gasteiger partial charge >= 0.3 is 0 Å². The van der Waals surface area contributed by atoms with Crippen LogP contribution in [-0.4, -0.2) is 15.0 Å². The van der Waals surface area contributed by atoms with Gasteiger partial charge in [0.15, 0.2) is 0 Å². The minimum Gasteiger partial charge on any atom is -0.383 e. The maximum absolute atomic E-state index is 5.88. The molecule has 100 valence electrons. The normalized spacial score (nSPS) is 10.7. The van der Waals surface area contributed by atoms with Crippen molar-refractivity contribution >= 4 is 28.2 Å². The molecular weight excluding hydrogens is 250 g/mol. The zero-order valence-electron chi connectivity index (χ0n) is 11.4. The molecule has 3 rings (SSSR count). The van der Waals surface area contributed by atoms with Gasteiger partial charge in [0.2, 0.25) is 0 Å². The Bertz CT molecular complexity index is 777. The van der Waals surface area contributed by atoms with Crippen LogP contribution in [0.1, 0.15) is 11.4 Å². The summed E-state index contributed by atoms with van der Waals surface area (Å²) in [6, 6.07) is 9.94. The van der Waals surface area contributed by atoms with Crippen LogP contribution in [0.25, 0.3) is 10.9 Å². The van der Waals surface area contributed by atoms with Crippen LogP contribution < -0.4 is 11.1 Å². The van der Waals surface area contributed by atoms with Crippen molar-refractivity contribution in [3.8, 4) is 0 Å². The van der Waals surface area contributed by atoms with Gasteiger partial charge in [-0.15, -0.1) is 0 Å². The molecular formula is C15H15N5. The summed E-state index contributed by atoms with van der Waals surface area (Å²) in [6.45, 7) is 3.72. The van der Waals surface area contributed by atoms with Crippen LogP contribution in [-0.2, 0) is 0 Å². The molecule has 1 aromatic carbocycles. The lowest BCUT2D eigenvalue weighted by Gasteiger charge is -2.12. The van der Waals surface area contributed by atoms with Crippen molar-refractivity contribution in [2.75, 3.05) is 11.1 Å². The first-order valence-corrected chi connectivity index (χ1v) is 6.36. The van der Waals surface area contributed by atoms with E-state index in [9.17, 15) is 0 Å². The fourth-order valence-electron chi connectivity index (χ4n) is 2.10. The summed E-state index contributed by atoms with van der Waals surface area (Å²) < 4.78 is 0. The van der Waals surface area contributed by atoms with Gasteiger partial charge in [0.25, 0.3) is 0 Å². The van der Waals surface area contributed by atoms with E-state index in [0.717, 1.165) is 22.2 Å². The lowest BCUT2D eigenvalue weighted by Crippen LogP contribution is -2.05. The van der Waals surface area contributed by atoms with Crippen molar-refractivity contribution in [3.63, 3.8) is 0 Å². The van der Waals surface area contributed by atoms with Gasteiger partial charge in [-0.25, -0.2) is 9.97 Å². The number of hydrogen-bond acceptors (Lipinski definition) is 5. The minimum atomic E-state index is 0.494. The summed E-state index contributed by atoms with van der Waals surface area (Å²) in [7, 11) is 0. The predicted molar refractivity (Wildman–Crippen MR) is 80.9 cm³/mol. The Balaban J connectivity index is 2.10. The molecule has 0 saturated heterocycles. The number of rotatable bonds is 2. The molecule has 3 aromatic rings. The highest BCUT2D eigenvalue weighted by molar-refractivity contribution is 5.92. The van der Waals surface area contributed by atoms with Crippen LogP contribution in [0.2, 0.25) is 0 Å². The van der Waals surface area contributed by atoms with Crippen LogP contribution in [0, 0.1) is 13.8 Å². The molecule has 0 radical (unpaired) electrons. The maximum Gasteiger partial charge on any atom is 0.139 e. The largest absolute Gasteiger partial charge is 0.383 e. The molecule has 0 aliphatic heterocycles. The summed E-state index contributed by atoms with van der Waals surface area (Å²) in [6.07, 6.45) is 1.78. The van der Waals surface area contributed by atoms with Crippen molar-refractivity contribution in [3.05, 3.63) is 47.9 Å². The zero-order valence-corrected chi connectivity index (χ0v) is 11.4. The number of fused-ring (bicyclic) bond motifs is 1. The molecule has 3 N–H and O–H groups in total. The second kappa shape index (κ2) is 4.77. The summed E-state index contributed by atoms with van der Waals surface area (Å²) in [4.78, 5) is 13.0. The summed E-state index contributed by atoms with van der Waals surface area (Å²) in [5.41, 5.74) is 8.53. The third kappa shape index (κ3) is 2.14. The minimum absolute atomic E-state index is 0.494. The molecule has 0 saturated carbocycles.